The van der Waals surface area contributed by atoms with Crippen molar-refractivity contribution in [3.05, 3.63) is 39.9 Å². The van der Waals surface area contributed by atoms with Gasteiger partial charge in [-0.25, -0.2) is 0 Å². The summed E-state index contributed by atoms with van der Waals surface area (Å²) in [4.78, 5) is 12.8. The van der Waals surface area contributed by atoms with Crippen LogP contribution in [0.3, 0.4) is 0 Å². The van der Waals surface area contributed by atoms with Crippen molar-refractivity contribution in [2.45, 2.75) is 26.3 Å². The average Bonchev–Trinajstić information content (AvgIpc) is 2.47. The Kier molecular flexibility index (Phi) is 7.64. The van der Waals surface area contributed by atoms with Crippen LogP contribution in [0.2, 0.25) is 0 Å². The van der Waals surface area contributed by atoms with Crippen LogP contribution in [0.5, 0.6) is 0 Å². The van der Waals surface area contributed by atoms with Crippen molar-refractivity contribution in [3.8, 4) is 0 Å². The van der Waals surface area contributed by atoms with Crippen LogP contribution >= 0.6 is 12.4 Å². The van der Waals surface area contributed by atoms with Gasteiger partial charge in [0.15, 0.2) is 0 Å². The SMILES string of the molecule is CCNCC1CCN(Cc2cccc([N+](=O)[O-])c2)CC1.Cl. The average molecular weight is 314 g/mol. The number of non-ortho nitro benzene ring substituents is 1. The van der Waals surface area contributed by atoms with Gasteiger partial charge in [0.1, 0.15) is 0 Å². The first-order valence-electron chi connectivity index (χ1n) is 7.35. The highest BCUT2D eigenvalue weighted by Gasteiger charge is 2.19. The molecule has 0 radical (unpaired) electrons. The monoisotopic (exact) mass is 313 g/mol. The number of nitro groups is 1. The molecule has 1 aliphatic rings. The van der Waals surface area contributed by atoms with Crippen LogP contribution in [-0.4, -0.2) is 36.0 Å². The molecule has 0 atom stereocenters. The molecule has 1 heterocycles. The van der Waals surface area contributed by atoms with E-state index in [4.69, 9.17) is 0 Å². The first-order chi connectivity index (χ1) is 9.69. The lowest BCUT2D eigenvalue weighted by molar-refractivity contribution is -0.384. The van der Waals surface area contributed by atoms with Crippen molar-refractivity contribution in [2.24, 2.45) is 5.92 Å². The van der Waals surface area contributed by atoms with E-state index < -0.39 is 0 Å². The molecule has 2 rings (SSSR count). The Hall–Kier alpha value is -1.17. The number of likely N-dealkylation sites (tertiary alicyclic amines) is 1. The normalized spacial score (nSPS) is 16.4. The third kappa shape index (κ3) is 5.61. The van der Waals surface area contributed by atoms with Gasteiger partial charge in [0, 0.05) is 18.7 Å². The van der Waals surface area contributed by atoms with Gasteiger partial charge in [0.2, 0.25) is 0 Å². The summed E-state index contributed by atoms with van der Waals surface area (Å²) in [7, 11) is 0. The van der Waals surface area contributed by atoms with Crippen LogP contribution in [0.15, 0.2) is 24.3 Å². The first kappa shape index (κ1) is 17.9. The molecule has 6 heteroatoms. The number of halogens is 1. The van der Waals surface area contributed by atoms with Gasteiger partial charge < -0.3 is 5.32 Å². The zero-order valence-corrected chi connectivity index (χ0v) is 13.3. The van der Waals surface area contributed by atoms with E-state index >= 15 is 0 Å². The van der Waals surface area contributed by atoms with Crippen molar-refractivity contribution in [1.82, 2.24) is 10.2 Å². The minimum absolute atomic E-state index is 0. The summed E-state index contributed by atoms with van der Waals surface area (Å²) in [5.74, 6) is 0.774. The van der Waals surface area contributed by atoms with Gasteiger partial charge in [-0.3, -0.25) is 15.0 Å². The summed E-state index contributed by atoms with van der Waals surface area (Å²) in [5.41, 5.74) is 1.22. The molecule has 0 bridgehead atoms. The number of hydrogen-bond donors (Lipinski definition) is 1. The molecule has 5 nitrogen and oxygen atoms in total. The Balaban J connectivity index is 0.00000220. The maximum atomic E-state index is 10.8. The Bertz CT molecular complexity index is 448. The predicted octanol–water partition coefficient (Wildman–Crippen LogP) is 2.84. The van der Waals surface area contributed by atoms with Crippen LogP contribution in [0.1, 0.15) is 25.3 Å². The van der Waals surface area contributed by atoms with E-state index in [-0.39, 0.29) is 23.0 Å². The van der Waals surface area contributed by atoms with E-state index in [2.05, 4.69) is 17.1 Å². The van der Waals surface area contributed by atoms with Crippen molar-refractivity contribution >= 4 is 18.1 Å². The third-order valence-electron chi connectivity index (χ3n) is 3.92. The second-order valence-electron chi connectivity index (χ2n) is 5.45. The summed E-state index contributed by atoms with van der Waals surface area (Å²) >= 11 is 0. The molecule has 0 aromatic heterocycles. The lowest BCUT2D eigenvalue weighted by Gasteiger charge is -2.32. The number of nitrogens with one attached hydrogen (secondary N) is 1. The number of rotatable bonds is 6. The topological polar surface area (TPSA) is 58.4 Å². The summed E-state index contributed by atoms with van der Waals surface area (Å²) in [6.07, 6.45) is 2.42. The van der Waals surface area contributed by atoms with E-state index in [1.54, 1.807) is 18.2 Å². The maximum Gasteiger partial charge on any atom is 0.269 e. The minimum Gasteiger partial charge on any atom is -0.317 e. The standard InChI is InChI=1S/C15H23N3O2.ClH/c1-2-16-11-13-6-8-17(9-7-13)12-14-4-3-5-15(10-14)18(19)20;/h3-5,10,13,16H,2,6-9,11-12H2,1H3;1H. The number of nitrogens with zero attached hydrogens (tertiary/aromatic N) is 2. The number of nitro benzene ring substituents is 1. The summed E-state index contributed by atoms with van der Waals surface area (Å²) in [5, 5.41) is 14.2. The Morgan fingerprint density at radius 3 is 2.71 bits per heavy atom. The van der Waals surface area contributed by atoms with Gasteiger partial charge in [-0.05, 0) is 50.5 Å². The fourth-order valence-electron chi connectivity index (χ4n) is 2.72. The van der Waals surface area contributed by atoms with Crippen LogP contribution in [0, 0.1) is 16.0 Å². The lowest BCUT2D eigenvalue weighted by atomic mass is 9.96. The number of piperidine rings is 1. The lowest BCUT2D eigenvalue weighted by Crippen LogP contribution is -2.36. The highest BCUT2D eigenvalue weighted by Crippen LogP contribution is 2.20. The van der Waals surface area contributed by atoms with E-state index in [0.717, 1.165) is 44.2 Å². The third-order valence-corrected chi connectivity index (χ3v) is 3.92. The number of benzene rings is 1. The van der Waals surface area contributed by atoms with E-state index in [1.807, 2.05) is 6.07 Å². The van der Waals surface area contributed by atoms with Gasteiger partial charge in [-0.1, -0.05) is 19.1 Å². The maximum absolute atomic E-state index is 10.8. The van der Waals surface area contributed by atoms with Crippen LogP contribution in [0.25, 0.3) is 0 Å². The van der Waals surface area contributed by atoms with Gasteiger partial charge in [-0.2, -0.15) is 0 Å². The van der Waals surface area contributed by atoms with Crippen molar-refractivity contribution in [1.29, 1.82) is 0 Å². The molecule has 0 amide bonds. The van der Waals surface area contributed by atoms with Crippen LogP contribution in [-0.2, 0) is 6.54 Å². The van der Waals surface area contributed by atoms with Gasteiger partial charge in [0.25, 0.3) is 5.69 Å². The fourth-order valence-corrected chi connectivity index (χ4v) is 2.72. The largest absolute Gasteiger partial charge is 0.317 e. The predicted molar refractivity (Wildman–Crippen MR) is 86.9 cm³/mol. The zero-order chi connectivity index (χ0) is 14.4. The van der Waals surface area contributed by atoms with E-state index in [1.165, 1.54) is 12.8 Å². The van der Waals surface area contributed by atoms with E-state index in [9.17, 15) is 10.1 Å². The highest BCUT2D eigenvalue weighted by molar-refractivity contribution is 5.85. The minimum atomic E-state index is -0.327. The molecule has 21 heavy (non-hydrogen) atoms. The molecule has 0 spiro atoms. The quantitative estimate of drug-likeness (QED) is 0.648. The van der Waals surface area contributed by atoms with Crippen molar-refractivity contribution in [2.75, 3.05) is 26.2 Å². The highest BCUT2D eigenvalue weighted by atomic mass is 35.5. The Morgan fingerprint density at radius 2 is 2.10 bits per heavy atom. The summed E-state index contributed by atoms with van der Waals surface area (Å²) in [6.45, 7) is 7.26. The molecule has 1 N–H and O–H groups in total. The molecule has 0 aliphatic carbocycles. The van der Waals surface area contributed by atoms with E-state index in [0.29, 0.717) is 0 Å². The second kappa shape index (κ2) is 8.97. The number of hydrogen-bond acceptors (Lipinski definition) is 4. The molecule has 1 fully saturated rings. The molecular weight excluding hydrogens is 290 g/mol. The molecular formula is C15H24ClN3O2. The summed E-state index contributed by atoms with van der Waals surface area (Å²) in [6, 6.07) is 6.97. The Morgan fingerprint density at radius 1 is 1.38 bits per heavy atom. The van der Waals surface area contributed by atoms with Crippen molar-refractivity contribution in [3.63, 3.8) is 0 Å². The van der Waals surface area contributed by atoms with Gasteiger partial charge in [-0.15, -0.1) is 12.4 Å². The van der Waals surface area contributed by atoms with Crippen LogP contribution in [0.4, 0.5) is 5.69 Å². The molecule has 0 saturated carbocycles. The smallest absolute Gasteiger partial charge is 0.269 e. The molecule has 1 aromatic rings. The van der Waals surface area contributed by atoms with Gasteiger partial charge >= 0.3 is 0 Å². The fraction of sp³-hybridized carbons (Fsp3) is 0.600. The molecule has 1 aromatic carbocycles. The molecule has 0 unspecified atom stereocenters. The van der Waals surface area contributed by atoms with Crippen molar-refractivity contribution < 1.29 is 4.92 Å². The summed E-state index contributed by atoms with van der Waals surface area (Å²) < 4.78 is 0. The first-order valence-corrected chi connectivity index (χ1v) is 7.35. The Labute approximate surface area is 132 Å². The second-order valence-corrected chi connectivity index (χ2v) is 5.45. The molecule has 118 valence electrons. The van der Waals surface area contributed by atoms with Gasteiger partial charge in [0.05, 0.1) is 4.92 Å². The molecule has 1 saturated heterocycles. The van der Waals surface area contributed by atoms with Crippen LogP contribution < -0.4 is 5.32 Å². The zero-order valence-electron chi connectivity index (χ0n) is 12.5. The molecule has 1 aliphatic heterocycles.